The molecule has 1 aromatic carbocycles. The summed E-state index contributed by atoms with van der Waals surface area (Å²) in [5.74, 6) is 0.354. The predicted molar refractivity (Wildman–Crippen MR) is 135 cm³/mol. The molecule has 3 heterocycles. The van der Waals surface area contributed by atoms with E-state index in [2.05, 4.69) is 26.8 Å². The van der Waals surface area contributed by atoms with Gasteiger partial charge in [0.05, 0.1) is 30.5 Å². The van der Waals surface area contributed by atoms with Gasteiger partial charge in [-0.3, -0.25) is 9.59 Å². The van der Waals surface area contributed by atoms with Crippen molar-refractivity contribution in [3.8, 4) is 0 Å². The van der Waals surface area contributed by atoms with Gasteiger partial charge in [-0.25, -0.2) is 9.97 Å². The molecular formula is C26H32N6O3. The molecule has 1 atom stereocenters. The van der Waals surface area contributed by atoms with Crippen molar-refractivity contribution < 1.29 is 14.3 Å². The fraction of sp³-hybridized carbons (Fsp3) is 0.385. The highest BCUT2D eigenvalue weighted by Gasteiger charge is 2.36. The van der Waals surface area contributed by atoms with Crippen molar-refractivity contribution in [2.45, 2.75) is 39.0 Å². The van der Waals surface area contributed by atoms with Gasteiger partial charge in [-0.15, -0.1) is 0 Å². The Balaban J connectivity index is 1.42. The Morgan fingerprint density at radius 2 is 2.06 bits per heavy atom. The number of anilines is 1. The number of hydrogen-bond acceptors (Lipinski definition) is 6. The van der Waals surface area contributed by atoms with Crippen LogP contribution in [-0.4, -0.2) is 69.5 Å². The van der Waals surface area contributed by atoms with E-state index in [0.29, 0.717) is 55.4 Å². The lowest BCUT2D eigenvalue weighted by Crippen LogP contribution is -2.61. The molecule has 0 saturated carbocycles. The number of nitrogens with zero attached hydrogens (tertiary/aromatic N) is 4. The van der Waals surface area contributed by atoms with Crippen molar-refractivity contribution >= 4 is 28.8 Å². The lowest BCUT2D eigenvalue weighted by Gasteiger charge is -2.47. The van der Waals surface area contributed by atoms with Crippen LogP contribution in [0.5, 0.6) is 0 Å². The summed E-state index contributed by atoms with van der Waals surface area (Å²) in [6.45, 7) is 12.2. The number of hydrogen-bond donors (Lipinski definition) is 2. The standard InChI is InChI=1S/C26H32N6O3/c1-5-22(33)32-12-11-31(17-26(32,3)4)21-14-28-24-23(30-21)20(13-27-24)25(34)29-18(2)15-35-16-19-9-7-6-8-10-19/h5-10,13-14,18H,1,11-12,15-17H2,2-4H3,(H,27,28)(H,29,34)/t18-/m0/s1. The second-order valence-electron chi connectivity index (χ2n) is 9.43. The third kappa shape index (κ3) is 5.51. The maximum absolute atomic E-state index is 13.0. The molecule has 9 nitrogen and oxygen atoms in total. The average Bonchev–Trinajstić information content (AvgIpc) is 3.27. The summed E-state index contributed by atoms with van der Waals surface area (Å²) < 4.78 is 5.75. The highest BCUT2D eigenvalue weighted by Crippen LogP contribution is 2.26. The van der Waals surface area contributed by atoms with E-state index in [0.717, 1.165) is 5.56 Å². The Bertz CT molecular complexity index is 1210. The summed E-state index contributed by atoms with van der Waals surface area (Å²) in [5.41, 5.74) is 2.19. The Labute approximate surface area is 205 Å². The van der Waals surface area contributed by atoms with E-state index in [1.165, 1.54) is 6.08 Å². The van der Waals surface area contributed by atoms with Gasteiger partial charge in [0, 0.05) is 31.9 Å². The van der Waals surface area contributed by atoms with E-state index in [1.54, 1.807) is 12.4 Å². The quantitative estimate of drug-likeness (QED) is 0.485. The van der Waals surface area contributed by atoms with Crippen LogP contribution >= 0.6 is 0 Å². The Hall–Kier alpha value is -3.72. The zero-order chi connectivity index (χ0) is 25.0. The SMILES string of the molecule is C=CC(=O)N1CCN(c2cnc3[nH]cc(C(=O)N[C@@H](C)COCc4ccccc4)c3n2)CC1(C)C. The highest BCUT2D eigenvalue weighted by molar-refractivity contribution is 6.04. The van der Waals surface area contributed by atoms with Crippen LogP contribution in [0.15, 0.2) is 55.4 Å². The normalized spacial score (nSPS) is 16.2. The van der Waals surface area contributed by atoms with E-state index < -0.39 is 5.54 Å². The van der Waals surface area contributed by atoms with Gasteiger partial charge in [0.2, 0.25) is 5.91 Å². The largest absolute Gasteiger partial charge is 0.375 e. The minimum atomic E-state index is -0.395. The highest BCUT2D eigenvalue weighted by atomic mass is 16.5. The van der Waals surface area contributed by atoms with Gasteiger partial charge >= 0.3 is 0 Å². The lowest BCUT2D eigenvalue weighted by molar-refractivity contribution is -0.131. The maximum atomic E-state index is 13.0. The van der Waals surface area contributed by atoms with Crippen molar-refractivity contribution in [3.05, 3.63) is 66.5 Å². The number of nitrogens with one attached hydrogen (secondary N) is 2. The lowest BCUT2D eigenvalue weighted by atomic mass is 9.98. The van der Waals surface area contributed by atoms with E-state index in [4.69, 9.17) is 9.72 Å². The third-order valence-corrected chi connectivity index (χ3v) is 6.14. The Morgan fingerprint density at radius 1 is 1.29 bits per heavy atom. The van der Waals surface area contributed by atoms with E-state index in [1.807, 2.05) is 56.0 Å². The molecule has 0 spiro atoms. The van der Waals surface area contributed by atoms with E-state index >= 15 is 0 Å². The maximum Gasteiger partial charge on any atom is 0.255 e. The molecule has 0 unspecified atom stereocenters. The number of carbonyl (C=O) groups excluding carboxylic acids is 2. The number of rotatable bonds is 8. The van der Waals surface area contributed by atoms with Gasteiger partial charge in [-0.05, 0) is 32.4 Å². The molecule has 0 aliphatic carbocycles. The summed E-state index contributed by atoms with van der Waals surface area (Å²) in [6.07, 6.45) is 4.68. The van der Waals surface area contributed by atoms with Gasteiger partial charge in [0.15, 0.2) is 5.65 Å². The second kappa shape index (κ2) is 10.3. The molecular weight excluding hydrogens is 444 g/mol. The van der Waals surface area contributed by atoms with Crippen molar-refractivity contribution in [1.29, 1.82) is 0 Å². The molecule has 4 rings (SSSR count). The molecule has 1 aliphatic rings. The first kappa shape index (κ1) is 24.4. The topological polar surface area (TPSA) is 103 Å². The number of aromatic nitrogens is 3. The molecule has 0 bridgehead atoms. The molecule has 1 fully saturated rings. The van der Waals surface area contributed by atoms with E-state index in [-0.39, 0.29) is 17.9 Å². The number of H-pyrrole nitrogens is 1. The molecule has 184 valence electrons. The third-order valence-electron chi connectivity index (χ3n) is 6.14. The first-order valence-electron chi connectivity index (χ1n) is 11.7. The number of benzene rings is 1. The minimum Gasteiger partial charge on any atom is -0.375 e. The van der Waals surface area contributed by atoms with Crippen LogP contribution in [0.2, 0.25) is 0 Å². The molecule has 2 aromatic heterocycles. The number of ether oxygens (including phenoxy) is 1. The van der Waals surface area contributed by atoms with Crippen LogP contribution in [0.1, 0.15) is 36.7 Å². The summed E-state index contributed by atoms with van der Waals surface area (Å²) >= 11 is 0. The van der Waals surface area contributed by atoms with Gasteiger partial charge in [0.1, 0.15) is 11.3 Å². The van der Waals surface area contributed by atoms with Crippen molar-refractivity contribution in [2.75, 3.05) is 31.1 Å². The molecule has 35 heavy (non-hydrogen) atoms. The molecule has 0 radical (unpaired) electrons. The minimum absolute atomic E-state index is 0.0809. The van der Waals surface area contributed by atoms with Crippen LogP contribution in [0.4, 0.5) is 5.82 Å². The van der Waals surface area contributed by atoms with Crippen molar-refractivity contribution in [1.82, 2.24) is 25.2 Å². The smallest absolute Gasteiger partial charge is 0.255 e. The number of amides is 2. The molecule has 2 N–H and O–H groups in total. The zero-order valence-electron chi connectivity index (χ0n) is 20.5. The summed E-state index contributed by atoms with van der Waals surface area (Å²) in [6, 6.07) is 9.74. The molecule has 9 heteroatoms. The first-order valence-corrected chi connectivity index (χ1v) is 11.7. The summed E-state index contributed by atoms with van der Waals surface area (Å²) in [5, 5.41) is 2.98. The van der Waals surface area contributed by atoms with Crippen molar-refractivity contribution in [2.24, 2.45) is 0 Å². The van der Waals surface area contributed by atoms with Crippen LogP contribution < -0.4 is 10.2 Å². The fourth-order valence-corrected chi connectivity index (χ4v) is 4.35. The van der Waals surface area contributed by atoms with Crippen LogP contribution in [0, 0.1) is 0 Å². The Kier molecular flexibility index (Phi) is 7.16. The van der Waals surface area contributed by atoms with Crippen LogP contribution in [0.25, 0.3) is 11.2 Å². The Morgan fingerprint density at radius 3 is 2.77 bits per heavy atom. The van der Waals surface area contributed by atoms with Gasteiger partial charge in [0.25, 0.3) is 5.91 Å². The number of aromatic amines is 1. The van der Waals surface area contributed by atoms with Crippen molar-refractivity contribution in [3.63, 3.8) is 0 Å². The molecule has 1 saturated heterocycles. The van der Waals surface area contributed by atoms with Crippen LogP contribution in [-0.2, 0) is 16.1 Å². The predicted octanol–water partition coefficient (Wildman–Crippen LogP) is 2.91. The second-order valence-corrected chi connectivity index (χ2v) is 9.43. The number of fused-ring (bicyclic) bond motifs is 1. The summed E-state index contributed by atoms with van der Waals surface area (Å²) in [4.78, 5) is 41.4. The van der Waals surface area contributed by atoms with Gasteiger partial charge in [-0.2, -0.15) is 0 Å². The summed E-state index contributed by atoms with van der Waals surface area (Å²) in [7, 11) is 0. The molecule has 2 amide bonds. The molecule has 1 aliphatic heterocycles. The monoisotopic (exact) mass is 476 g/mol. The van der Waals surface area contributed by atoms with Gasteiger partial charge in [-0.1, -0.05) is 36.9 Å². The fourth-order valence-electron chi connectivity index (χ4n) is 4.35. The molecule has 3 aromatic rings. The number of piperazine rings is 1. The first-order chi connectivity index (χ1) is 16.8. The van der Waals surface area contributed by atoms with Crippen LogP contribution in [0.3, 0.4) is 0 Å². The van der Waals surface area contributed by atoms with E-state index in [9.17, 15) is 9.59 Å². The zero-order valence-corrected chi connectivity index (χ0v) is 20.5. The average molecular weight is 477 g/mol. The number of carbonyl (C=O) groups is 2. The van der Waals surface area contributed by atoms with Gasteiger partial charge < -0.3 is 24.8 Å².